The van der Waals surface area contributed by atoms with E-state index in [1.165, 1.54) is 12.1 Å². The molecule has 2 N–H and O–H groups in total. The molecule has 14 heavy (non-hydrogen) atoms. The summed E-state index contributed by atoms with van der Waals surface area (Å²) in [6.45, 7) is 0. The number of rotatable bonds is 1. The van der Waals surface area contributed by atoms with Gasteiger partial charge in [0.05, 0.1) is 0 Å². The third-order valence-corrected chi connectivity index (χ3v) is 2.36. The molecule has 0 saturated carbocycles. The van der Waals surface area contributed by atoms with E-state index in [1.54, 1.807) is 12.1 Å². The molecule has 0 aliphatic carbocycles. The number of hydrogen-bond acceptors (Lipinski definition) is 3. The first-order chi connectivity index (χ1) is 6.68. The molecule has 0 aliphatic heterocycles. The molecule has 0 aliphatic rings. The van der Waals surface area contributed by atoms with Crippen molar-refractivity contribution in [3.05, 3.63) is 34.7 Å². The second-order valence-electron chi connectivity index (χ2n) is 2.72. The molecule has 3 nitrogen and oxygen atoms in total. The Morgan fingerprint density at radius 2 is 1.93 bits per heavy atom. The number of nitrogens with zero attached hydrogens (tertiary/aromatic N) is 1. The van der Waals surface area contributed by atoms with E-state index >= 15 is 0 Å². The summed E-state index contributed by atoms with van der Waals surface area (Å²) < 4.78 is 18.1. The van der Waals surface area contributed by atoms with Crippen LogP contribution in [0.1, 0.15) is 0 Å². The van der Waals surface area contributed by atoms with Crippen LogP contribution < -0.4 is 5.73 Å². The Balaban J connectivity index is 2.49. The average Bonchev–Trinajstić information content (AvgIpc) is 2.50. The Morgan fingerprint density at radius 3 is 2.43 bits per heavy atom. The topological polar surface area (TPSA) is 52.0 Å². The minimum Gasteiger partial charge on any atom is -0.393 e. The van der Waals surface area contributed by atoms with Crippen molar-refractivity contribution in [1.29, 1.82) is 0 Å². The van der Waals surface area contributed by atoms with Crippen LogP contribution in [0.4, 0.5) is 10.1 Å². The van der Waals surface area contributed by atoms with E-state index < -0.39 is 0 Å². The lowest BCUT2D eigenvalue weighted by Gasteiger charge is -1.96. The monoisotopic (exact) mass is 256 g/mol. The zero-order valence-electron chi connectivity index (χ0n) is 7.00. The highest BCUT2D eigenvalue weighted by Crippen LogP contribution is 2.31. The number of hydrogen-bond donors (Lipinski definition) is 1. The summed E-state index contributed by atoms with van der Waals surface area (Å²) in [6, 6.07) is 5.84. The van der Waals surface area contributed by atoms with Crippen molar-refractivity contribution in [2.75, 3.05) is 5.73 Å². The second-order valence-corrected chi connectivity index (χ2v) is 3.47. The fraction of sp³-hybridized carbons (Fsp3) is 0. The highest BCUT2D eigenvalue weighted by atomic mass is 79.9. The van der Waals surface area contributed by atoms with Crippen molar-refractivity contribution in [3.8, 4) is 11.3 Å². The van der Waals surface area contributed by atoms with Crippen molar-refractivity contribution in [2.45, 2.75) is 0 Å². The van der Waals surface area contributed by atoms with Gasteiger partial charge in [0.25, 0.3) is 0 Å². The van der Waals surface area contributed by atoms with Crippen molar-refractivity contribution in [1.82, 2.24) is 5.16 Å². The number of halogens is 2. The molecular formula is C9H6BrFN2O. The molecule has 0 bridgehead atoms. The van der Waals surface area contributed by atoms with Gasteiger partial charge in [-0.05, 0) is 40.2 Å². The van der Waals surface area contributed by atoms with Crippen LogP contribution in [0.15, 0.2) is 33.4 Å². The van der Waals surface area contributed by atoms with Gasteiger partial charge in [-0.15, -0.1) is 0 Å². The van der Waals surface area contributed by atoms with Gasteiger partial charge in [-0.3, -0.25) is 0 Å². The normalized spacial score (nSPS) is 10.4. The fourth-order valence-electron chi connectivity index (χ4n) is 1.09. The van der Waals surface area contributed by atoms with Crippen molar-refractivity contribution in [3.63, 3.8) is 0 Å². The number of aromatic nitrogens is 1. The van der Waals surface area contributed by atoms with E-state index in [1.807, 2.05) is 0 Å². The Labute approximate surface area is 87.8 Å². The quantitative estimate of drug-likeness (QED) is 0.854. The van der Waals surface area contributed by atoms with Gasteiger partial charge in [-0.1, -0.05) is 5.16 Å². The summed E-state index contributed by atoms with van der Waals surface area (Å²) >= 11 is 3.12. The van der Waals surface area contributed by atoms with Crippen LogP contribution in [-0.2, 0) is 0 Å². The lowest BCUT2D eigenvalue weighted by molar-refractivity contribution is 0.428. The van der Waals surface area contributed by atoms with Crippen molar-refractivity contribution < 1.29 is 8.91 Å². The van der Waals surface area contributed by atoms with Gasteiger partial charge >= 0.3 is 0 Å². The zero-order chi connectivity index (χ0) is 10.1. The Morgan fingerprint density at radius 1 is 1.29 bits per heavy atom. The van der Waals surface area contributed by atoms with E-state index in [4.69, 9.17) is 10.3 Å². The molecular weight excluding hydrogens is 251 g/mol. The van der Waals surface area contributed by atoms with Crippen LogP contribution in [0.3, 0.4) is 0 Å². The van der Waals surface area contributed by atoms with Gasteiger partial charge < -0.3 is 10.3 Å². The van der Waals surface area contributed by atoms with E-state index in [9.17, 15) is 4.39 Å². The highest BCUT2D eigenvalue weighted by Gasteiger charge is 2.12. The summed E-state index contributed by atoms with van der Waals surface area (Å²) in [5, 5.41) is 3.64. The predicted molar refractivity (Wildman–Crippen MR) is 54.0 cm³/mol. The third-order valence-electron chi connectivity index (χ3n) is 1.79. The maximum Gasteiger partial charge on any atom is 0.190 e. The molecule has 0 fully saturated rings. The first-order valence-electron chi connectivity index (χ1n) is 3.85. The van der Waals surface area contributed by atoms with Gasteiger partial charge in [0.2, 0.25) is 0 Å². The van der Waals surface area contributed by atoms with E-state index in [0.29, 0.717) is 21.6 Å². The van der Waals surface area contributed by atoms with Crippen LogP contribution in [-0.4, -0.2) is 5.16 Å². The van der Waals surface area contributed by atoms with Crippen LogP contribution in [0.25, 0.3) is 11.3 Å². The van der Waals surface area contributed by atoms with Gasteiger partial charge in [-0.25, -0.2) is 4.39 Å². The van der Waals surface area contributed by atoms with Crippen LogP contribution >= 0.6 is 15.9 Å². The maximum absolute atomic E-state index is 12.6. The number of anilines is 1. The molecule has 1 heterocycles. The lowest BCUT2D eigenvalue weighted by atomic mass is 10.1. The molecule has 0 amide bonds. The summed E-state index contributed by atoms with van der Waals surface area (Å²) in [5.41, 5.74) is 6.79. The second kappa shape index (κ2) is 3.42. The average molecular weight is 257 g/mol. The number of nitrogen functional groups attached to an aromatic ring is 1. The molecule has 0 atom stereocenters. The van der Waals surface area contributed by atoms with E-state index in [-0.39, 0.29) is 5.82 Å². The molecule has 1 aromatic heterocycles. The number of nitrogens with two attached hydrogens (primary N) is 1. The van der Waals surface area contributed by atoms with Gasteiger partial charge in [0.1, 0.15) is 11.5 Å². The molecule has 5 heteroatoms. The Kier molecular flexibility index (Phi) is 2.25. The summed E-state index contributed by atoms with van der Waals surface area (Å²) in [4.78, 5) is 0. The molecule has 0 spiro atoms. The van der Waals surface area contributed by atoms with Crippen molar-refractivity contribution >= 4 is 21.6 Å². The molecule has 2 aromatic rings. The summed E-state index contributed by atoms with van der Waals surface area (Å²) in [5.74, 6) is 0.141. The zero-order valence-corrected chi connectivity index (χ0v) is 8.58. The molecule has 0 saturated heterocycles. The molecule has 2 rings (SSSR count). The fourth-order valence-corrected chi connectivity index (χ4v) is 1.34. The minimum absolute atomic E-state index is 0.300. The SMILES string of the molecule is Nc1c(Br)noc1-c1ccc(F)cc1. The summed E-state index contributed by atoms with van der Waals surface area (Å²) in [7, 11) is 0. The molecule has 0 radical (unpaired) electrons. The number of benzene rings is 1. The van der Waals surface area contributed by atoms with Crippen LogP contribution in [0.2, 0.25) is 0 Å². The van der Waals surface area contributed by atoms with Gasteiger partial charge in [0, 0.05) is 5.56 Å². The Bertz CT molecular complexity index is 452. The van der Waals surface area contributed by atoms with E-state index in [0.717, 1.165) is 0 Å². The largest absolute Gasteiger partial charge is 0.393 e. The lowest BCUT2D eigenvalue weighted by Crippen LogP contribution is -1.86. The van der Waals surface area contributed by atoms with Gasteiger partial charge in [-0.2, -0.15) is 0 Å². The maximum atomic E-state index is 12.6. The minimum atomic E-state index is -0.300. The summed E-state index contributed by atoms with van der Waals surface area (Å²) in [6.07, 6.45) is 0. The van der Waals surface area contributed by atoms with Gasteiger partial charge in [0.15, 0.2) is 10.4 Å². The predicted octanol–water partition coefficient (Wildman–Crippen LogP) is 2.83. The first-order valence-corrected chi connectivity index (χ1v) is 4.64. The van der Waals surface area contributed by atoms with Crippen LogP contribution in [0, 0.1) is 5.82 Å². The first kappa shape index (κ1) is 9.21. The standard InChI is InChI=1S/C9H6BrFN2O/c10-9-7(12)8(14-13-9)5-1-3-6(11)4-2-5/h1-4H,12H2. The molecule has 1 aromatic carbocycles. The molecule has 0 unspecified atom stereocenters. The van der Waals surface area contributed by atoms with E-state index in [2.05, 4.69) is 21.1 Å². The third kappa shape index (κ3) is 1.50. The Hall–Kier alpha value is -1.36. The van der Waals surface area contributed by atoms with Crippen molar-refractivity contribution in [2.24, 2.45) is 0 Å². The highest BCUT2D eigenvalue weighted by molar-refractivity contribution is 9.10. The smallest absolute Gasteiger partial charge is 0.190 e. The van der Waals surface area contributed by atoms with Crippen LogP contribution in [0.5, 0.6) is 0 Å². The molecule has 72 valence electrons.